The Kier molecular flexibility index (Phi) is 4.81. The standard InChI is InChI=1S/C14H30N2/c1-12(2)10-16-14(11-15)7-5-6-13(3,4)8-9-14/h12,16H,5-11,15H2,1-4H3. The van der Waals surface area contributed by atoms with Crippen molar-refractivity contribution in [3.63, 3.8) is 0 Å². The highest BCUT2D eigenvalue weighted by Gasteiger charge is 2.34. The summed E-state index contributed by atoms with van der Waals surface area (Å²) in [4.78, 5) is 0. The van der Waals surface area contributed by atoms with Crippen LogP contribution in [-0.4, -0.2) is 18.6 Å². The van der Waals surface area contributed by atoms with Crippen molar-refractivity contribution < 1.29 is 0 Å². The highest BCUT2D eigenvalue weighted by Crippen LogP contribution is 2.37. The van der Waals surface area contributed by atoms with Crippen LogP contribution in [0.25, 0.3) is 0 Å². The van der Waals surface area contributed by atoms with E-state index >= 15 is 0 Å². The molecule has 3 N–H and O–H groups in total. The van der Waals surface area contributed by atoms with Crippen LogP contribution in [0.1, 0.15) is 59.8 Å². The van der Waals surface area contributed by atoms with Gasteiger partial charge in [-0.2, -0.15) is 0 Å². The van der Waals surface area contributed by atoms with Gasteiger partial charge in [0.15, 0.2) is 0 Å². The Balaban J connectivity index is 2.58. The predicted molar refractivity (Wildman–Crippen MR) is 71.5 cm³/mol. The van der Waals surface area contributed by atoms with Crippen molar-refractivity contribution in [2.45, 2.75) is 65.3 Å². The number of nitrogens with one attached hydrogen (secondary N) is 1. The second kappa shape index (κ2) is 5.50. The molecule has 0 spiro atoms. The van der Waals surface area contributed by atoms with Gasteiger partial charge in [-0.3, -0.25) is 0 Å². The molecule has 1 aliphatic carbocycles. The van der Waals surface area contributed by atoms with Crippen molar-refractivity contribution in [3.05, 3.63) is 0 Å². The molecule has 0 aromatic heterocycles. The first-order valence-electron chi connectivity index (χ1n) is 6.84. The molecule has 0 heterocycles. The molecule has 96 valence electrons. The fraction of sp³-hybridized carbons (Fsp3) is 1.00. The van der Waals surface area contributed by atoms with Gasteiger partial charge in [0.2, 0.25) is 0 Å². The molecule has 2 heteroatoms. The third-order valence-electron chi connectivity index (χ3n) is 4.07. The van der Waals surface area contributed by atoms with E-state index in [9.17, 15) is 0 Å². The average Bonchev–Trinajstić information content (AvgIpc) is 2.35. The van der Waals surface area contributed by atoms with Gasteiger partial charge in [-0.15, -0.1) is 0 Å². The molecule has 1 fully saturated rings. The molecule has 0 bridgehead atoms. The van der Waals surface area contributed by atoms with Gasteiger partial charge in [-0.05, 0) is 43.6 Å². The molecule has 0 aliphatic heterocycles. The van der Waals surface area contributed by atoms with E-state index in [-0.39, 0.29) is 5.54 Å². The molecule has 0 amide bonds. The lowest BCUT2D eigenvalue weighted by molar-refractivity contribution is 0.259. The zero-order valence-electron chi connectivity index (χ0n) is 11.6. The quantitative estimate of drug-likeness (QED) is 0.723. The number of nitrogens with two attached hydrogens (primary N) is 1. The summed E-state index contributed by atoms with van der Waals surface area (Å²) >= 11 is 0. The SMILES string of the molecule is CC(C)CNC1(CN)CCCC(C)(C)CC1. The van der Waals surface area contributed by atoms with E-state index in [1.54, 1.807) is 0 Å². The predicted octanol–water partition coefficient (Wildman–Crippen LogP) is 2.92. The fourth-order valence-corrected chi connectivity index (χ4v) is 2.61. The van der Waals surface area contributed by atoms with E-state index in [4.69, 9.17) is 5.73 Å². The molecule has 0 aromatic carbocycles. The summed E-state index contributed by atoms with van der Waals surface area (Å²) < 4.78 is 0. The molecule has 1 unspecified atom stereocenters. The minimum atomic E-state index is 0.220. The second-order valence-corrected chi connectivity index (χ2v) is 6.78. The van der Waals surface area contributed by atoms with Gasteiger partial charge in [-0.25, -0.2) is 0 Å². The van der Waals surface area contributed by atoms with Crippen LogP contribution >= 0.6 is 0 Å². The number of rotatable bonds is 4. The number of hydrogen-bond acceptors (Lipinski definition) is 2. The largest absolute Gasteiger partial charge is 0.329 e. The van der Waals surface area contributed by atoms with Crippen LogP contribution in [0.3, 0.4) is 0 Å². The normalized spacial score (nSPS) is 30.4. The average molecular weight is 226 g/mol. The van der Waals surface area contributed by atoms with Crippen molar-refractivity contribution in [3.8, 4) is 0 Å². The Morgan fingerprint density at radius 1 is 1.12 bits per heavy atom. The Morgan fingerprint density at radius 2 is 1.81 bits per heavy atom. The van der Waals surface area contributed by atoms with Crippen LogP contribution in [0, 0.1) is 11.3 Å². The molecule has 1 atom stereocenters. The van der Waals surface area contributed by atoms with Crippen LogP contribution < -0.4 is 11.1 Å². The van der Waals surface area contributed by atoms with Crippen LogP contribution in [0.2, 0.25) is 0 Å². The lowest BCUT2D eigenvalue weighted by Gasteiger charge is -2.34. The first-order chi connectivity index (χ1) is 7.39. The zero-order chi connectivity index (χ0) is 12.2. The van der Waals surface area contributed by atoms with E-state index in [0.717, 1.165) is 13.1 Å². The van der Waals surface area contributed by atoms with Crippen LogP contribution in [0.15, 0.2) is 0 Å². The first kappa shape index (κ1) is 14.0. The van der Waals surface area contributed by atoms with Crippen molar-refractivity contribution in [1.29, 1.82) is 0 Å². The smallest absolute Gasteiger partial charge is 0.0304 e. The third-order valence-corrected chi connectivity index (χ3v) is 4.07. The first-order valence-corrected chi connectivity index (χ1v) is 6.84. The van der Waals surface area contributed by atoms with E-state index in [0.29, 0.717) is 11.3 Å². The molecular formula is C14H30N2. The zero-order valence-corrected chi connectivity index (χ0v) is 11.6. The minimum absolute atomic E-state index is 0.220. The van der Waals surface area contributed by atoms with E-state index in [1.165, 1.54) is 32.1 Å². The lowest BCUT2D eigenvalue weighted by Crippen LogP contribution is -2.52. The second-order valence-electron chi connectivity index (χ2n) is 6.78. The van der Waals surface area contributed by atoms with Gasteiger partial charge < -0.3 is 11.1 Å². The van der Waals surface area contributed by atoms with E-state index < -0.39 is 0 Å². The summed E-state index contributed by atoms with van der Waals surface area (Å²) in [5.41, 5.74) is 6.75. The maximum atomic E-state index is 6.02. The van der Waals surface area contributed by atoms with Crippen LogP contribution in [0.5, 0.6) is 0 Å². The summed E-state index contributed by atoms with van der Waals surface area (Å²) in [6.45, 7) is 11.2. The summed E-state index contributed by atoms with van der Waals surface area (Å²) in [5.74, 6) is 0.708. The van der Waals surface area contributed by atoms with Crippen molar-refractivity contribution in [2.24, 2.45) is 17.1 Å². The molecule has 0 radical (unpaired) electrons. The molecule has 16 heavy (non-hydrogen) atoms. The number of hydrogen-bond donors (Lipinski definition) is 2. The Labute approximate surface area is 101 Å². The maximum absolute atomic E-state index is 6.02. The highest BCUT2D eigenvalue weighted by atomic mass is 15.0. The van der Waals surface area contributed by atoms with Crippen molar-refractivity contribution in [2.75, 3.05) is 13.1 Å². The van der Waals surface area contributed by atoms with Gasteiger partial charge in [0.25, 0.3) is 0 Å². The van der Waals surface area contributed by atoms with Crippen molar-refractivity contribution >= 4 is 0 Å². The van der Waals surface area contributed by atoms with Crippen LogP contribution in [0.4, 0.5) is 0 Å². The maximum Gasteiger partial charge on any atom is 0.0304 e. The van der Waals surface area contributed by atoms with Gasteiger partial charge in [0.05, 0.1) is 0 Å². The Hall–Kier alpha value is -0.0800. The molecular weight excluding hydrogens is 196 g/mol. The topological polar surface area (TPSA) is 38.0 Å². The fourth-order valence-electron chi connectivity index (χ4n) is 2.61. The molecule has 0 saturated heterocycles. The van der Waals surface area contributed by atoms with Crippen molar-refractivity contribution in [1.82, 2.24) is 5.32 Å². The Morgan fingerprint density at radius 3 is 2.38 bits per heavy atom. The Bertz CT molecular complexity index is 211. The molecule has 1 saturated carbocycles. The monoisotopic (exact) mass is 226 g/mol. The third kappa shape index (κ3) is 4.06. The molecule has 1 aliphatic rings. The molecule has 2 nitrogen and oxygen atoms in total. The summed E-state index contributed by atoms with van der Waals surface area (Å²) in [6, 6.07) is 0. The van der Waals surface area contributed by atoms with Gasteiger partial charge >= 0.3 is 0 Å². The van der Waals surface area contributed by atoms with Gasteiger partial charge in [-0.1, -0.05) is 34.1 Å². The molecule has 0 aromatic rings. The highest BCUT2D eigenvalue weighted by molar-refractivity contribution is 4.93. The van der Waals surface area contributed by atoms with Gasteiger partial charge in [0.1, 0.15) is 0 Å². The molecule has 1 rings (SSSR count). The van der Waals surface area contributed by atoms with E-state index in [2.05, 4.69) is 33.0 Å². The summed E-state index contributed by atoms with van der Waals surface area (Å²) in [5, 5.41) is 3.74. The lowest BCUT2D eigenvalue weighted by atomic mass is 9.83. The minimum Gasteiger partial charge on any atom is -0.329 e. The van der Waals surface area contributed by atoms with Crippen LogP contribution in [-0.2, 0) is 0 Å². The van der Waals surface area contributed by atoms with E-state index in [1.807, 2.05) is 0 Å². The summed E-state index contributed by atoms with van der Waals surface area (Å²) in [6.07, 6.45) is 6.45. The van der Waals surface area contributed by atoms with Gasteiger partial charge in [0, 0.05) is 12.1 Å². The summed E-state index contributed by atoms with van der Waals surface area (Å²) in [7, 11) is 0.